The minimum atomic E-state index is -0.418. The van der Waals surface area contributed by atoms with E-state index < -0.39 is 5.56 Å². The zero-order valence-corrected chi connectivity index (χ0v) is 12.8. The van der Waals surface area contributed by atoms with E-state index in [1.54, 1.807) is 0 Å². The molecule has 1 aromatic heterocycles. The third kappa shape index (κ3) is 4.60. The predicted octanol–water partition coefficient (Wildman–Crippen LogP) is 1.40. The number of halogens is 1. The number of aromatic nitrogens is 2. The van der Waals surface area contributed by atoms with Crippen LogP contribution in [0.25, 0.3) is 0 Å². The number of aryl methyl sites for hydroxylation is 1. The van der Waals surface area contributed by atoms with Gasteiger partial charge in [0, 0.05) is 0 Å². The predicted molar refractivity (Wildman–Crippen MR) is 83.2 cm³/mol. The Morgan fingerprint density at radius 3 is 2.95 bits per heavy atom. The van der Waals surface area contributed by atoms with Crippen LogP contribution < -0.4 is 15.6 Å². The molecule has 0 spiro atoms. The van der Waals surface area contributed by atoms with Crippen molar-refractivity contribution in [3.05, 3.63) is 57.7 Å². The van der Waals surface area contributed by atoms with Gasteiger partial charge in [-0.25, -0.2) is 0 Å². The van der Waals surface area contributed by atoms with Crippen LogP contribution in [0.15, 0.2) is 41.5 Å². The van der Waals surface area contributed by atoms with E-state index in [0.717, 1.165) is 22.1 Å². The second kappa shape index (κ2) is 7.61. The van der Waals surface area contributed by atoms with Gasteiger partial charge in [0.25, 0.3) is 5.56 Å². The molecule has 0 radical (unpaired) electrons. The molecule has 1 aromatic carbocycles. The number of hydrogen-bond donors (Lipinski definition) is 1. The SMILES string of the molecule is Cc1cccc(OCCNC(=O)Cn2c(Cl)cncc2=O)c1. The smallest absolute Gasteiger partial charge is 0.270 e. The van der Waals surface area contributed by atoms with Crippen LogP contribution in [0, 0.1) is 6.92 Å². The highest BCUT2D eigenvalue weighted by atomic mass is 35.5. The fourth-order valence-electron chi connectivity index (χ4n) is 1.82. The highest BCUT2D eigenvalue weighted by Gasteiger charge is 2.07. The lowest BCUT2D eigenvalue weighted by molar-refractivity contribution is -0.121. The number of carbonyl (C=O) groups is 1. The Kier molecular flexibility index (Phi) is 5.55. The van der Waals surface area contributed by atoms with E-state index in [4.69, 9.17) is 16.3 Å². The first-order chi connectivity index (χ1) is 10.6. The molecule has 2 aromatic rings. The summed E-state index contributed by atoms with van der Waals surface area (Å²) in [5, 5.41) is 2.79. The van der Waals surface area contributed by atoms with Gasteiger partial charge in [-0.1, -0.05) is 23.7 Å². The largest absolute Gasteiger partial charge is 0.492 e. The van der Waals surface area contributed by atoms with Gasteiger partial charge >= 0.3 is 0 Å². The second-order valence-corrected chi connectivity index (χ2v) is 5.06. The van der Waals surface area contributed by atoms with Crippen LogP contribution in [0.4, 0.5) is 0 Å². The Bertz CT molecular complexity index is 715. The molecule has 0 bridgehead atoms. The summed E-state index contributed by atoms with van der Waals surface area (Å²) in [4.78, 5) is 27.0. The maximum atomic E-state index is 11.8. The van der Waals surface area contributed by atoms with Crippen LogP contribution in [0.3, 0.4) is 0 Å². The minimum absolute atomic E-state index is 0.124. The van der Waals surface area contributed by atoms with Crippen molar-refractivity contribution in [2.75, 3.05) is 13.2 Å². The van der Waals surface area contributed by atoms with Crippen LogP contribution in [0.5, 0.6) is 5.75 Å². The summed E-state index contributed by atoms with van der Waals surface area (Å²) in [5.74, 6) is 0.436. The van der Waals surface area contributed by atoms with Crippen molar-refractivity contribution in [2.24, 2.45) is 0 Å². The third-order valence-corrected chi connectivity index (χ3v) is 3.18. The molecule has 2 rings (SSSR count). The second-order valence-electron chi connectivity index (χ2n) is 4.67. The fraction of sp³-hybridized carbons (Fsp3) is 0.267. The van der Waals surface area contributed by atoms with Crippen LogP contribution in [-0.4, -0.2) is 28.6 Å². The highest BCUT2D eigenvalue weighted by molar-refractivity contribution is 6.29. The van der Waals surface area contributed by atoms with Crippen molar-refractivity contribution in [2.45, 2.75) is 13.5 Å². The number of carbonyl (C=O) groups excluding carboxylic acids is 1. The average Bonchev–Trinajstić information content (AvgIpc) is 2.48. The van der Waals surface area contributed by atoms with E-state index in [9.17, 15) is 9.59 Å². The van der Waals surface area contributed by atoms with Crippen molar-refractivity contribution in [1.82, 2.24) is 14.9 Å². The molecule has 0 aliphatic heterocycles. The number of ether oxygens (including phenoxy) is 1. The zero-order chi connectivity index (χ0) is 15.9. The van der Waals surface area contributed by atoms with E-state index in [1.807, 2.05) is 31.2 Å². The molecule has 0 unspecified atom stereocenters. The fourth-order valence-corrected chi connectivity index (χ4v) is 2.02. The van der Waals surface area contributed by atoms with Crippen LogP contribution in [0.2, 0.25) is 5.15 Å². The third-order valence-electron chi connectivity index (χ3n) is 2.87. The summed E-state index contributed by atoms with van der Waals surface area (Å²) in [6, 6.07) is 7.65. The van der Waals surface area contributed by atoms with Crippen LogP contribution in [-0.2, 0) is 11.3 Å². The first-order valence-corrected chi connectivity index (χ1v) is 7.10. The average molecular weight is 322 g/mol. The first-order valence-electron chi connectivity index (χ1n) is 6.73. The van der Waals surface area contributed by atoms with Gasteiger partial charge in [-0.05, 0) is 24.6 Å². The molecular formula is C15H16ClN3O3. The molecule has 1 heterocycles. The highest BCUT2D eigenvalue weighted by Crippen LogP contribution is 2.11. The van der Waals surface area contributed by atoms with Crippen molar-refractivity contribution in [3.63, 3.8) is 0 Å². The van der Waals surface area contributed by atoms with Gasteiger partial charge in [0.2, 0.25) is 5.91 Å². The van der Waals surface area contributed by atoms with Crippen molar-refractivity contribution in [1.29, 1.82) is 0 Å². The molecule has 6 nitrogen and oxygen atoms in total. The Labute approximate surface area is 132 Å². The van der Waals surface area contributed by atoms with E-state index in [-0.39, 0.29) is 17.6 Å². The summed E-state index contributed by atoms with van der Waals surface area (Å²) in [6.07, 6.45) is 2.43. The van der Waals surface area contributed by atoms with Gasteiger partial charge in [0.1, 0.15) is 24.1 Å². The summed E-state index contributed by atoms with van der Waals surface area (Å²) < 4.78 is 6.66. The maximum Gasteiger partial charge on any atom is 0.270 e. The molecule has 7 heteroatoms. The monoisotopic (exact) mass is 321 g/mol. The summed E-state index contributed by atoms with van der Waals surface area (Å²) in [5.41, 5.74) is 0.687. The maximum absolute atomic E-state index is 11.8. The molecule has 0 aliphatic rings. The van der Waals surface area contributed by atoms with Gasteiger partial charge in [-0.15, -0.1) is 0 Å². The van der Waals surface area contributed by atoms with Gasteiger partial charge in [0.15, 0.2) is 0 Å². The Morgan fingerprint density at radius 2 is 2.23 bits per heavy atom. The number of hydrogen-bond acceptors (Lipinski definition) is 4. The quantitative estimate of drug-likeness (QED) is 0.816. The van der Waals surface area contributed by atoms with E-state index in [1.165, 1.54) is 6.20 Å². The molecule has 0 atom stereocenters. The minimum Gasteiger partial charge on any atom is -0.492 e. The number of amides is 1. The van der Waals surface area contributed by atoms with Crippen LogP contribution in [0.1, 0.15) is 5.56 Å². The summed E-state index contributed by atoms with van der Waals surface area (Å²) in [7, 11) is 0. The number of benzene rings is 1. The van der Waals surface area contributed by atoms with Crippen molar-refractivity contribution < 1.29 is 9.53 Å². The Morgan fingerprint density at radius 1 is 1.41 bits per heavy atom. The number of rotatable bonds is 6. The molecule has 22 heavy (non-hydrogen) atoms. The molecule has 116 valence electrons. The zero-order valence-electron chi connectivity index (χ0n) is 12.1. The molecule has 0 fully saturated rings. The molecular weight excluding hydrogens is 306 g/mol. The van der Waals surface area contributed by atoms with Gasteiger partial charge in [-0.3, -0.25) is 19.1 Å². The Hall–Kier alpha value is -2.34. The van der Waals surface area contributed by atoms with Gasteiger partial charge < -0.3 is 10.1 Å². The molecule has 1 amide bonds. The number of nitrogens with zero attached hydrogens (tertiary/aromatic N) is 2. The van der Waals surface area contributed by atoms with Crippen molar-refractivity contribution >= 4 is 17.5 Å². The number of nitrogens with one attached hydrogen (secondary N) is 1. The Balaban J connectivity index is 1.78. The van der Waals surface area contributed by atoms with Crippen molar-refractivity contribution in [3.8, 4) is 5.75 Å². The normalized spacial score (nSPS) is 10.3. The van der Waals surface area contributed by atoms with E-state index >= 15 is 0 Å². The van der Waals surface area contributed by atoms with E-state index in [2.05, 4.69) is 10.3 Å². The summed E-state index contributed by atoms with van der Waals surface area (Å²) >= 11 is 5.83. The standard InChI is InChI=1S/C15H16ClN3O3/c1-11-3-2-4-12(7-11)22-6-5-18-14(20)10-19-13(16)8-17-9-15(19)21/h2-4,7-9H,5-6,10H2,1H3,(H,18,20). The van der Waals surface area contributed by atoms with Gasteiger partial charge in [-0.2, -0.15) is 0 Å². The lowest BCUT2D eigenvalue weighted by Crippen LogP contribution is -2.34. The van der Waals surface area contributed by atoms with Crippen LogP contribution >= 0.6 is 11.6 Å². The molecule has 0 saturated carbocycles. The van der Waals surface area contributed by atoms with E-state index in [0.29, 0.717) is 13.2 Å². The lowest BCUT2D eigenvalue weighted by atomic mass is 10.2. The topological polar surface area (TPSA) is 73.2 Å². The summed E-state index contributed by atoms with van der Waals surface area (Å²) in [6.45, 7) is 2.51. The molecule has 1 N–H and O–H groups in total. The van der Waals surface area contributed by atoms with Gasteiger partial charge in [0.05, 0.1) is 18.9 Å². The molecule has 0 saturated heterocycles. The first kappa shape index (κ1) is 16.0. The lowest BCUT2D eigenvalue weighted by Gasteiger charge is -2.10. The molecule has 0 aliphatic carbocycles.